The number of rotatable bonds is 4. The Balaban J connectivity index is 2.32. The lowest BCUT2D eigenvalue weighted by molar-refractivity contribution is -0.132. The fourth-order valence-electron chi connectivity index (χ4n) is 1.38. The molecule has 0 radical (unpaired) electrons. The number of hydrogen-bond donors (Lipinski definition) is 4. The van der Waals surface area contributed by atoms with E-state index in [-0.39, 0.29) is 5.57 Å². The fraction of sp³-hybridized carbons (Fsp3) is 0. The molecule has 1 aromatic carbocycles. The van der Waals surface area contributed by atoms with Gasteiger partial charge in [-0.05, 0) is 12.1 Å². The molecule has 0 aliphatic carbocycles. The van der Waals surface area contributed by atoms with E-state index in [0.717, 1.165) is 12.4 Å². The Morgan fingerprint density at radius 2 is 2.11 bits per heavy atom. The van der Waals surface area contributed by atoms with Crippen LogP contribution in [0.1, 0.15) is 0 Å². The summed E-state index contributed by atoms with van der Waals surface area (Å²) in [4.78, 5) is 17.8. The second-order valence-electron chi connectivity index (χ2n) is 3.56. The summed E-state index contributed by atoms with van der Waals surface area (Å²) in [5.41, 5.74) is 1.06. The molecule has 1 aromatic heterocycles. The van der Waals surface area contributed by atoms with Crippen molar-refractivity contribution < 1.29 is 9.90 Å². The number of nitrogens with zero attached hydrogens (tertiary/aromatic N) is 1. The number of carbonyl (C=O) groups is 1. The van der Waals surface area contributed by atoms with Gasteiger partial charge in [-0.2, -0.15) is 0 Å². The standard InChI is InChI=1S/C11H8Cl2N4O2/c12-6-1-8-9(2-7(6)13)17-11(16-8)15-4-5(3-14)10(18)19/h1-4,14H,(H,18,19)(H2,15,16,17)/b5-4+,14-3?. The van der Waals surface area contributed by atoms with E-state index in [9.17, 15) is 4.79 Å². The monoisotopic (exact) mass is 298 g/mol. The van der Waals surface area contributed by atoms with E-state index in [1.165, 1.54) is 0 Å². The van der Waals surface area contributed by atoms with Crippen LogP contribution in [0.5, 0.6) is 0 Å². The van der Waals surface area contributed by atoms with Gasteiger partial charge in [-0.1, -0.05) is 23.2 Å². The van der Waals surface area contributed by atoms with Gasteiger partial charge in [0.25, 0.3) is 0 Å². The van der Waals surface area contributed by atoms with Crippen molar-refractivity contribution in [1.29, 1.82) is 5.41 Å². The predicted octanol–water partition coefficient (Wildman–Crippen LogP) is 2.90. The summed E-state index contributed by atoms with van der Waals surface area (Å²) in [6, 6.07) is 3.22. The second-order valence-corrected chi connectivity index (χ2v) is 4.38. The van der Waals surface area contributed by atoms with Crippen molar-refractivity contribution in [3.05, 3.63) is 34.0 Å². The number of H-pyrrole nitrogens is 1. The Hall–Kier alpha value is -2.05. The van der Waals surface area contributed by atoms with E-state index in [0.29, 0.717) is 27.0 Å². The highest BCUT2D eigenvalue weighted by Crippen LogP contribution is 2.27. The van der Waals surface area contributed by atoms with Crippen LogP contribution in [0, 0.1) is 5.41 Å². The van der Waals surface area contributed by atoms with Crippen LogP contribution in [-0.4, -0.2) is 27.3 Å². The van der Waals surface area contributed by atoms with E-state index >= 15 is 0 Å². The van der Waals surface area contributed by atoms with Crippen LogP contribution < -0.4 is 5.32 Å². The van der Waals surface area contributed by atoms with Gasteiger partial charge in [0.15, 0.2) is 0 Å². The van der Waals surface area contributed by atoms with E-state index in [2.05, 4.69) is 15.3 Å². The maximum absolute atomic E-state index is 10.7. The first-order valence-electron chi connectivity index (χ1n) is 5.06. The average molecular weight is 299 g/mol. The lowest BCUT2D eigenvalue weighted by atomic mass is 10.3. The number of aromatic nitrogens is 2. The van der Waals surface area contributed by atoms with Crippen LogP contribution in [0.15, 0.2) is 23.9 Å². The van der Waals surface area contributed by atoms with Crippen LogP contribution in [0.3, 0.4) is 0 Å². The number of aliphatic carboxylic acids is 1. The third kappa shape index (κ3) is 2.86. The molecule has 0 unspecified atom stereocenters. The highest BCUT2D eigenvalue weighted by molar-refractivity contribution is 6.42. The van der Waals surface area contributed by atoms with Gasteiger partial charge in [0.05, 0.1) is 26.7 Å². The Morgan fingerprint density at radius 1 is 1.42 bits per heavy atom. The maximum Gasteiger partial charge on any atom is 0.338 e. The van der Waals surface area contributed by atoms with Crippen molar-refractivity contribution in [2.75, 3.05) is 5.32 Å². The molecule has 0 saturated carbocycles. The Kier molecular flexibility index (Phi) is 3.73. The number of fused-ring (bicyclic) bond motifs is 1. The Morgan fingerprint density at radius 3 is 2.74 bits per heavy atom. The molecule has 4 N–H and O–H groups in total. The van der Waals surface area contributed by atoms with E-state index < -0.39 is 5.97 Å². The number of hydrogen-bond acceptors (Lipinski definition) is 4. The van der Waals surface area contributed by atoms with E-state index in [4.69, 9.17) is 33.7 Å². The lowest BCUT2D eigenvalue weighted by Gasteiger charge is -1.95. The minimum Gasteiger partial charge on any atom is -0.478 e. The lowest BCUT2D eigenvalue weighted by Crippen LogP contribution is -2.04. The van der Waals surface area contributed by atoms with E-state index in [1.54, 1.807) is 12.1 Å². The number of carboxylic acids is 1. The predicted molar refractivity (Wildman–Crippen MR) is 74.2 cm³/mol. The molecule has 98 valence electrons. The van der Waals surface area contributed by atoms with E-state index in [1.807, 2.05) is 0 Å². The largest absolute Gasteiger partial charge is 0.478 e. The molecular formula is C11H8Cl2N4O2. The van der Waals surface area contributed by atoms with Gasteiger partial charge in [-0.15, -0.1) is 0 Å². The first-order chi connectivity index (χ1) is 9.01. The molecule has 1 heterocycles. The summed E-state index contributed by atoms with van der Waals surface area (Å²) in [6.07, 6.45) is 1.89. The van der Waals surface area contributed by atoms with Gasteiger partial charge in [0.1, 0.15) is 0 Å². The maximum atomic E-state index is 10.7. The zero-order valence-electron chi connectivity index (χ0n) is 9.37. The molecule has 0 bridgehead atoms. The zero-order valence-corrected chi connectivity index (χ0v) is 10.9. The molecule has 0 aliphatic heterocycles. The number of aromatic amines is 1. The van der Waals surface area contributed by atoms with Crippen molar-refractivity contribution in [3.63, 3.8) is 0 Å². The highest BCUT2D eigenvalue weighted by Gasteiger charge is 2.07. The first kappa shape index (κ1) is 13.4. The molecule has 0 aliphatic rings. The summed E-state index contributed by atoms with van der Waals surface area (Å²) in [5.74, 6) is -0.876. The van der Waals surface area contributed by atoms with Crippen LogP contribution in [0.25, 0.3) is 11.0 Å². The van der Waals surface area contributed by atoms with Gasteiger partial charge >= 0.3 is 5.97 Å². The summed E-state index contributed by atoms with van der Waals surface area (Å²) < 4.78 is 0. The van der Waals surface area contributed by atoms with Crippen molar-refractivity contribution in [3.8, 4) is 0 Å². The van der Waals surface area contributed by atoms with Crippen LogP contribution in [-0.2, 0) is 4.79 Å². The minimum absolute atomic E-state index is 0.198. The van der Waals surface area contributed by atoms with Gasteiger partial charge in [-0.25, -0.2) is 9.78 Å². The summed E-state index contributed by atoms with van der Waals surface area (Å²) >= 11 is 11.7. The average Bonchev–Trinajstić information content (AvgIpc) is 2.72. The smallest absolute Gasteiger partial charge is 0.338 e. The third-order valence-corrected chi connectivity index (χ3v) is 3.01. The molecule has 0 spiro atoms. The third-order valence-electron chi connectivity index (χ3n) is 2.29. The minimum atomic E-state index is -1.20. The molecular weight excluding hydrogens is 291 g/mol. The highest BCUT2D eigenvalue weighted by atomic mass is 35.5. The van der Waals surface area contributed by atoms with Gasteiger partial charge < -0.3 is 20.8 Å². The quantitative estimate of drug-likeness (QED) is 0.515. The summed E-state index contributed by atoms with van der Waals surface area (Å²) in [5, 5.41) is 19.1. The van der Waals surface area contributed by atoms with Crippen LogP contribution in [0.4, 0.5) is 5.95 Å². The number of carboxylic acid groups (broad SMARTS) is 1. The molecule has 0 amide bonds. The van der Waals surface area contributed by atoms with Crippen LogP contribution >= 0.6 is 23.2 Å². The number of benzene rings is 1. The number of anilines is 1. The SMILES string of the molecule is N=C/C(=C\Nc1nc2cc(Cl)c(Cl)cc2[nH]1)C(=O)O. The molecule has 2 aromatic rings. The molecule has 19 heavy (non-hydrogen) atoms. The molecule has 0 fully saturated rings. The van der Waals surface area contributed by atoms with Gasteiger partial charge in [0.2, 0.25) is 5.95 Å². The topological polar surface area (TPSA) is 102 Å². The number of halogens is 2. The fourth-order valence-corrected chi connectivity index (χ4v) is 1.71. The molecule has 2 rings (SSSR count). The van der Waals surface area contributed by atoms with Gasteiger partial charge in [0, 0.05) is 12.4 Å². The Labute approximate surface area is 117 Å². The molecule has 0 atom stereocenters. The molecule has 8 heteroatoms. The second kappa shape index (κ2) is 5.29. The molecule has 6 nitrogen and oxygen atoms in total. The number of nitrogens with one attached hydrogen (secondary N) is 3. The van der Waals surface area contributed by atoms with Crippen molar-refractivity contribution in [1.82, 2.24) is 9.97 Å². The Bertz CT molecular complexity index is 654. The summed E-state index contributed by atoms with van der Waals surface area (Å²) in [6.45, 7) is 0. The van der Waals surface area contributed by atoms with Gasteiger partial charge in [-0.3, -0.25) is 0 Å². The van der Waals surface area contributed by atoms with Crippen molar-refractivity contribution in [2.24, 2.45) is 0 Å². The molecule has 0 saturated heterocycles. The normalized spacial score (nSPS) is 11.6. The summed E-state index contributed by atoms with van der Waals surface area (Å²) in [7, 11) is 0. The number of imidazole rings is 1. The van der Waals surface area contributed by atoms with Crippen molar-refractivity contribution in [2.45, 2.75) is 0 Å². The zero-order chi connectivity index (χ0) is 14.0. The van der Waals surface area contributed by atoms with Crippen molar-refractivity contribution >= 4 is 52.4 Å². The van der Waals surface area contributed by atoms with Crippen LogP contribution in [0.2, 0.25) is 10.0 Å². The first-order valence-corrected chi connectivity index (χ1v) is 5.82.